The molecule has 0 unspecified atom stereocenters. The standard InChI is InChI=1S/C18H18N4O2/c1-11-4-5-12(2)16(8-11)20-14-6-7-15(19-10-14)18(23)21-17-9-13(3)24-22-17/h4-10,20H,1-3H3,(H,21,22,23). The smallest absolute Gasteiger partial charge is 0.275 e. The van der Waals surface area contributed by atoms with Gasteiger partial charge in [-0.05, 0) is 50.1 Å². The van der Waals surface area contributed by atoms with Gasteiger partial charge in [0, 0.05) is 11.8 Å². The second kappa shape index (κ2) is 6.54. The number of nitrogens with zero attached hydrogens (tertiary/aromatic N) is 2. The van der Waals surface area contributed by atoms with Crippen LogP contribution in [0.15, 0.2) is 47.1 Å². The lowest BCUT2D eigenvalue weighted by Crippen LogP contribution is -2.13. The Morgan fingerprint density at radius 1 is 1.08 bits per heavy atom. The van der Waals surface area contributed by atoms with Crippen molar-refractivity contribution in [1.82, 2.24) is 10.1 Å². The van der Waals surface area contributed by atoms with E-state index in [0.717, 1.165) is 16.9 Å². The lowest BCUT2D eigenvalue weighted by molar-refractivity contribution is 0.102. The Morgan fingerprint density at radius 2 is 1.92 bits per heavy atom. The van der Waals surface area contributed by atoms with Crippen LogP contribution in [-0.2, 0) is 0 Å². The maximum absolute atomic E-state index is 12.1. The van der Waals surface area contributed by atoms with Crippen LogP contribution in [0.3, 0.4) is 0 Å². The van der Waals surface area contributed by atoms with Crippen molar-refractivity contribution < 1.29 is 9.32 Å². The lowest BCUT2D eigenvalue weighted by Gasteiger charge is -2.10. The Kier molecular flexibility index (Phi) is 4.29. The highest BCUT2D eigenvalue weighted by Gasteiger charge is 2.10. The van der Waals surface area contributed by atoms with E-state index < -0.39 is 0 Å². The van der Waals surface area contributed by atoms with E-state index in [1.807, 2.05) is 19.9 Å². The molecule has 6 nitrogen and oxygen atoms in total. The normalized spacial score (nSPS) is 10.5. The number of pyridine rings is 1. The van der Waals surface area contributed by atoms with Crippen molar-refractivity contribution >= 4 is 23.1 Å². The van der Waals surface area contributed by atoms with E-state index >= 15 is 0 Å². The van der Waals surface area contributed by atoms with Gasteiger partial charge >= 0.3 is 0 Å². The predicted molar refractivity (Wildman–Crippen MR) is 92.6 cm³/mol. The number of benzene rings is 1. The molecule has 1 aromatic carbocycles. The fourth-order valence-electron chi connectivity index (χ4n) is 2.23. The summed E-state index contributed by atoms with van der Waals surface area (Å²) in [7, 11) is 0. The molecule has 2 heterocycles. The molecule has 122 valence electrons. The molecule has 0 atom stereocenters. The van der Waals surface area contributed by atoms with Crippen LogP contribution in [0.4, 0.5) is 17.2 Å². The summed E-state index contributed by atoms with van der Waals surface area (Å²) >= 11 is 0. The van der Waals surface area contributed by atoms with Crippen molar-refractivity contribution in [1.29, 1.82) is 0 Å². The highest BCUT2D eigenvalue weighted by atomic mass is 16.5. The summed E-state index contributed by atoms with van der Waals surface area (Å²) in [5.41, 5.74) is 4.46. The van der Waals surface area contributed by atoms with Gasteiger partial charge in [0.1, 0.15) is 11.5 Å². The third-order valence-electron chi connectivity index (χ3n) is 3.54. The molecule has 6 heteroatoms. The minimum Gasteiger partial charge on any atom is -0.360 e. The zero-order valence-corrected chi connectivity index (χ0v) is 13.8. The number of hydrogen-bond donors (Lipinski definition) is 2. The third kappa shape index (κ3) is 3.60. The second-order valence-corrected chi connectivity index (χ2v) is 5.65. The van der Waals surface area contributed by atoms with Gasteiger partial charge < -0.3 is 15.2 Å². The molecular weight excluding hydrogens is 304 g/mol. The van der Waals surface area contributed by atoms with Gasteiger partial charge in [0.05, 0.1) is 11.9 Å². The first-order valence-corrected chi connectivity index (χ1v) is 7.56. The minimum atomic E-state index is -0.332. The number of rotatable bonds is 4. The summed E-state index contributed by atoms with van der Waals surface area (Å²) in [5, 5.41) is 9.67. The van der Waals surface area contributed by atoms with Gasteiger partial charge in [-0.15, -0.1) is 0 Å². The highest BCUT2D eigenvalue weighted by Crippen LogP contribution is 2.21. The average Bonchev–Trinajstić information content (AvgIpc) is 2.96. The van der Waals surface area contributed by atoms with E-state index in [1.54, 1.807) is 25.3 Å². The molecule has 0 aliphatic carbocycles. The van der Waals surface area contributed by atoms with Gasteiger partial charge in [0.15, 0.2) is 5.82 Å². The SMILES string of the molecule is Cc1ccc(C)c(Nc2ccc(C(=O)Nc3cc(C)on3)nc2)c1. The second-order valence-electron chi connectivity index (χ2n) is 5.65. The van der Waals surface area contributed by atoms with Crippen LogP contribution in [-0.4, -0.2) is 16.0 Å². The van der Waals surface area contributed by atoms with E-state index in [4.69, 9.17) is 4.52 Å². The fourth-order valence-corrected chi connectivity index (χ4v) is 2.23. The number of nitrogens with one attached hydrogen (secondary N) is 2. The molecule has 0 radical (unpaired) electrons. The Morgan fingerprint density at radius 3 is 2.58 bits per heavy atom. The summed E-state index contributed by atoms with van der Waals surface area (Å²) in [6.07, 6.45) is 1.63. The van der Waals surface area contributed by atoms with E-state index in [2.05, 4.69) is 39.0 Å². The van der Waals surface area contributed by atoms with Crippen LogP contribution in [0.25, 0.3) is 0 Å². The summed E-state index contributed by atoms with van der Waals surface area (Å²) in [5.74, 6) is 0.671. The molecule has 2 N–H and O–H groups in total. The van der Waals surface area contributed by atoms with Crippen molar-refractivity contribution in [2.75, 3.05) is 10.6 Å². The van der Waals surface area contributed by atoms with E-state index in [-0.39, 0.29) is 5.91 Å². The molecule has 2 aromatic heterocycles. The molecule has 0 saturated carbocycles. The van der Waals surface area contributed by atoms with Crippen molar-refractivity contribution in [3.05, 3.63) is 65.2 Å². The molecule has 0 spiro atoms. The number of carbonyl (C=O) groups is 1. The number of aryl methyl sites for hydroxylation is 3. The maximum atomic E-state index is 12.1. The van der Waals surface area contributed by atoms with Crippen LogP contribution in [0, 0.1) is 20.8 Å². The van der Waals surface area contributed by atoms with E-state index in [9.17, 15) is 4.79 Å². The summed E-state index contributed by atoms with van der Waals surface area (Å²) in [6.45, 7) is 5.84. The largest absolute Gasteiger partial charge is 0.360 e. The first kappa shape index (κ1) is 15.7. The number of anilines is 3. The van der Waals surface area contributed by atoms with Crippen LogP contribution in [0.1, 0.15) is 27.4 Å². The van der Waals surface area contributed by atoms with Crippen molar-refractivity contribution in [3.63, 3.8) is 0 Å². The molecule has 0 aliphatic heterocycles. The quantitative estimate of drug-likeness (QED) is 0.759. The molecule has 24 heavy (non-hydrogen) atoms. The maximum Gasteiger partial charge on any atom is 0.275 e. The molecule has 0 aliphatic rings. The fraction of sp³-hybridized carbons (Fsp3) is 0.167. The summed E-state index contributed by atoms with van der Waals surface area (Å²) < 4.78 is 4.91. The summed E-state index contributed by atoms with van der Waals surface area (Å²) in [6, 6.07) is 11.3. The topological polar surface area (TPSA) is 80.0 Å². The number of hydrogen-bond acceptors (Lipinski definition) is 5. The van der Waals surface area contributed by atoms with Gasteiger partial charge in [-0.2, -0.15) is 0 Å². The Bertz CT molecular complexity index is 869. The molecular formula is C18H18N4O2. The van der Waals surface area contributed by atoms with E-state index in [1.165, 1.54) is 5.56 Å². The minimum absolute atomic E-state index is 0.308. The summed E-state index contributed by atoms with van der Waals surface area (Å²) in [4.78, 5) is 16.3. The lowest BCUT2D eigenvalue weighted by atomic mass is 10.1. The Hall–Kier alpha value is -3.15. The predicted octanol–water partition coefficient (Wildman–Crippen LogP) is 3.99. The van der Waals surface area contributed by atoms with Gasteiger partial charge in [-0.1, -0.05) is 17.3 Å². The Balaban J connectivity index is 1.71. The van der Waals surface area contributed by atoms with Crippen LogP contribution in [0.5, 0.6) is 0 Å². The van der Waals surface area contributed by atoms with Gasteiger partial charge in [0.2, 0.25) is 0 Å². The van der Waals surface area contributed by atoms with E-state index in [0.29, 0.717) is 17.3 Å². The molecule has 3 rings (SSSR count). The van der Waals surface area contributed by atoms with Crippen molar-refractivity contribution in [2.24, 2.45) is 0 Å². The number of carbonyl (C=O) groups excluding carboxylic acids is 1. The zero-order chi connectivity index (χ0) is 17.1. The molecule has 3 aromatic rings. The van der Waals surface area contributed by atoms with Gasteiger partial charge in [0.25, 0.3) is 5.91 Å². The first-order chi connectivity index (χ1) is 11.5. The molecule has 0 bridgehead atoms. The van der Waals surface area contributed by atoms with Crippen LogP contribution < -0.4 is 10.6 Å². The zero-order valence-electron chi connectivity index (χ0n) is 13.8. The Labute approximate surface area is 139 Å². The monoisotopic (exact) mass is 322 g/mol. The van der Waals surface area contributed by atoms with Crippen molar-refractivity contribution in [3.8, 4) is 0 Å². The van der Waals surface area contributed by atoms with Crippen molar-refractivity contribution in [2.45, 2.75) is 20.8 Å². The molecule has 0 fully saturated rings. The highest BCUT2D eigenvalue weighted by molar-refractivity contribution is 6.02. The van der Waals surface area contributed by atoms with Crippen LogP contribution in [0.2, 0.25) is 0 Å². The number of aromatic nitrogens is 2. The number of amides is 1. The third-order valence-corrected chi connectivity index (χ3v) is 3.54. The first-order valence-electron chi connectivity index (χ1n) is 7.56. The van der Waals surface area contributed by atoms with Gasteiger partial charge in [-0.3, -0.25) is 4.79 Å². The van der Waals surface area contributed by atoms with Gasteiger partial charge in [-0.25, -0.2) is 4.98 Å². The average molecular weight is 322 g/mol. The molecule has 1 amide bonds. The van der Waals surface area contributed by atoms with Crippen LogP contribution >= 0.6 is 0 Å². The molecule has 0 saturated heterocycles.